The zero-order valence-corrected chi connectivity index (χ0v) is 9.30. The van der Waals surface area contributed by atoms with Crippen LogP contribution in [0, 0.1) is 11.6 Å². The molecule has 88 valence electrons. The Hall–Kier alpha value is -1.88. The van der Waals surface area contributed by atoms with Gasteiger partial charge in [0, 0.05) is 6.07 Å². The van der Waals surface area contributed by atoms with E-state index in [9.17, 15) is 8.78 Å². The van der Waals surface area contributed by atoms with Crippen molar-refractivity contribution in [1.29, 1.82) is 0 Å². The molecule has 0 saturated heterocycles. The molecule has 2 aromatic rings. The van der Waals surface area contributed by atoms with E-state index in [1.165, 1.54) is 12.3 Å². The van der Waals surface area contributed by atoms with Crippen molar-refractivity contribution < 1.29 is 8.78 Å². The second-order valence-corrected chi connectivity index (χ2v) is 3.76. The number of hydrogen-bond acceptors (Lipinski definition) is 3. The molecule has 0 aliphatic rings. The molecule has 0 radical (unpaired) electrons. The molecule has 2 rings (SSSR count). The molecule has 17 heavy (non-hydrogen) atoms. The Morgan fingerprint density at radius 1 is 1.24 bits per heavy atom. The van der Waals surface area contributed by atoms with Crippen LogP contribution in [-0.4, -0.2) is 4.98 Å². The van der Waals surface area contributed by atoms with Crippen LogP contribution in [-0.2, 0) is 0 Å². The van der Waals surface area contributed by atoms with Crippen LogP contribution in [0.25, 0.3) is 0 Å². The van der Waals surface area contributed by atoms with E-state index in [2.05, 4.69) is 10.3 Å². The van der Waals surface area contributed by atoms with Crippen LogP contribution in [0.3, 0.4) is 0 Å². The van der Waals surface area contributed by atoms with Crippen molar-refractivity contribution >= 4 is 28.8 Å². The lowest BCUT2D eigenvalue weighted by molar-refractivity contribution is 0.603. The molecule has 6 heteroatoms. The third-order valence-corrected chi connectivity index (χ3v) is 2.33. The highest BCUT2D eigenvalue weighted by Gasteiger charge is 2.07. The summed E-state index contributed by atoms with van der Waals surface area (Å²) in [6.07, 6.45) is 1.37. The normalized spacial score (nSPS) is 10.3. The van der Waals surface area contributed by atoms with Crippen molar-refractivity contribution in [2.45, 2.75) is 0 Å². The number of nitrogen functional groups attached to an aromatic ring is 1. The number of aromatic nitrogens is 1. The maximum absolute atomic E-state index is 13.3. The van der Waals surface area contributed by atoms with Gasteiger partial charge in [0.25, 0.3) is 0 Å². The lowest BCUT2D eigenvalue weighted by Crippen LogP contribution is -1.98. The largest absolute Gasteiger partial charge is 0.397 e. The summed E-state index contributed by atoms with van der Waals surface area (Å²) in [5.74, 6) is -0.938. The van der Waals surface area contributed by atoms with Crippen LogP contribution in [0.4, 0.5) is 26.0 Å². The number of nitrogens with zero attached hydrogens (tertiary/aromatic N) is 1. The first-order chi connectivity index (χ1) is 8.06. The monoisotopic (exact) mass is 255 g/mol. The predicted molar refractivity (Wildman–Crippen MR) is 63.3 cm³/mol. The summed E-state index contributed by atoms with van der Waals surface area (Å²) < 4.78 is 26.3. The van der Waals surface area contributed by atoms with Crippen molar-refractivity contribution in [3.8, 4) is 0 Å². The summed E-state index contributed by atoms with van der Waals surface area (Å²) in [5, 5.41) is 2.83. The van der Waals surface area contributed by atoms with Crippen LogP contribution >= 0.6 is 11.6 Å². The molecule has 0 aliphatic heterocycles. The van der Waals surface area contributed by atoms with Gasteiger partial charge in [0.05, 0.1) is 22.6 Å². The fraction of sp³-hybridized carbons (Fsp3) is 0. The Balaban J connectivity index is 2.34. The zero-order valence-electron chi connectivity index (χ0n) is 8.55. The number of nitrogens with two attached hydrogens (primary N) is 1. The molecule has 0 fully saturated rings. The number of nitrogens with one attached hydrogen (secondary N) is 1. The first-order valence-electron chi connectivity index (χ1n) is 4.69. The second-order valence-electron chi connectivity index (χ2n) is 3.35. The van der Waals surface area contributed by atoms with E-state index in [1.807, 2.05) is 0 Å². The molecular weight excluding hydrogens is 248 g/mol. The van der Waals surface area contributed by atoms with E-state index in [1.54, 1.807) is 0 Å². The number of hydrogen-bond donors (Lipinski definition) is 2. The predicted octanol–water partition coefficient (Wildman–Crippen LogP) is 3.34. The Labute approximate surface area is 101 Å². The van der Waals surface area contributed by atoms with Crippen LogP contribution < -0.4 is 11.1 Å². The average Bonchev–Trinajstić information content (AvgIpc) is 2.27. The maximum Gasteiger partial charge on any atom is 0.149 e. The molecule has 0 saturated carbocycles. The van der Waals surface area contributed by atoms with Gasteiger partial charge in [-0.25, -0.2) is 13.8 Å². The van der Waals surface area contributed by atoms with Crippen molar-refractivity contribution in [3.05, 3.63) is 47.1 Å². The van der Waals surface area contributed by atoms with Gasteiger partial charge in [0.2, 0.25) is 0 Å². The molecule has 3 N–H and O–H groups in total. The van der Waals surface area contributed by atoms with Gasteiger partial charge in [-0.3, -0.25) is 0 Å². The van der Waals surface area contributed by atoms with Gasteiger partial charge in [0.15, 0.2) is 0 Å². The van der Waals surface area contributed by atoms with E-state index in [0.717, 1.165) is 18.2 Å². The van der Waals surface area contributed by atoms with Crippen molar-refractivity contribution in [1.82, 2.24) is 4.98 Å². The van der Waals surface area contributed by atoms with Crippen molar-refractivity contribution in [2.75, 3.05) is 11.1 Å². The highest BCUT2D eigenvalue weighted by Crippen LogP contribution is 2.26. The maximum atomic E-state index is 13.3. The molecule has 0 amide bonds. The fourth-order valence-corrected chi connectivity index (χ4v) is 1.49. The standard InChI is InChI=1S/C11H8ClF2N3/c12-8-4-7(15)5-16-11(8)17-10-3-6(13)1-2-9(10)14/h1-5H,15H2,(H,16,17). The van der Waals surface area contributed by atoms with Gasteiger partial charge in [-0.1, -0.05) is 11.6 Å². The number of benzene rings is 1. The molecule has 1 aromatic carbocycles. The summed E-state index contributed by atoms with van der Waals surface area (Å²) in [6.45, 7) is 0. The van der Waals surface area contributed by atoms with Gasteiger partial charge >= 0.3 is 0 Å². The molecule has 0 aliphatic carbocycles. The molecule has 0 bridgehead atoms. The minimum atomic E-state index is -0.596. The molecule has 0 unspecified atom stereocenters. The van der Waals surface area contributed by atoms with Crippen LogP contribution in [0.15, 0.2) is 30.5 Å². The van der Waals surface area contributed by atoms with Gasteiger partial charge in [0.1, 0.15) is 17.5 Å². The molecule has 0 atom stereocenters. The number of halogens is 3. The fourth-order valence-electron chi connectivity index (χ4n) is 1.27. The quantitative estimate of drug-likeness (QED) is 0.865. The topological polar surface area (TPSA) is 50.9 Å². The summed E-state index contributed by atoms with van der Waals surface area (Å²) in [5.41, 5.74) is 5.82. The molecular formula is C11H8ClF2N3. The van der Waals surface area contributed by atoms with Crippen LogP contribution in [0.5, 0.6) is 0 Å². The SMILES string of the molecule is Nc1cnc(Nc2cc(F)ccc2F)c(Cl)c1. The zero-order chi connectivity index (χ0) is 12.4. The Morgan fingerprint density at radius 3 is 2.71 bits per heavy atom. The van der Waals surface area contributed by atoms with Gasteiger partial charge in [-0.05, 0) is 18.2 Å². The van der Waals surface area contributed by atoms with Gasteiger partial charge in [-0.15, -0.1) is 0 Å². The van der Waals surface area contributed by atoms with E-state index < -0.39 is 11.6 Å². The van der Waals surface area contributed by atoms with E-state index in [4.69, 9.17) is 17.3 Å². The first-order valence-corrected chi connectivity index (χ1v) is 5.07. The van der Waals surface area contributed by atoms with Gasteiger partial charge < -0.3 is 11.1 Å². The second kappa shape index (κ2) is 4.55. The molecule has 1 heterocycles. The summed E-state index contributed by atoms with van der Waals surface area (Å²) in [7, 11) is 0. The third-order valence-electron chi connectivity index (χ3n) is 2.04. The van der Waals surface area contributed by atoms with Crippen LogP contribution in [0.2, 0.25) is 5.02 Å². The van der Waals surface area contributed by atoms with Gasteiger partial charge in [-0.2, -0.15) is 0 Å². The van der Waals surface area contributed by atoms with Crippen molar-refractivity contribution in [2.24, 2.45) is 0 Å². The van der Waals surface area contributed by atoms with E-state index in [-0.39, 0.29) is 16.5 Å². The van der Waals surface area contributed by atoms with E-state index >= 15 is 0 Å². The highest BCUT2D eigenvalue weighted by molar-refractivity contribution is 6.33. The average molecular weight is 256 g/mol. The highest BCUT2D eigenvalue weighted by atomic mass is 35.5. The lowest BCUT2D eigenvalue weighted by atomic mass is 10.3. The number of rotatable bonds is 2. The van der Waals surface area contributed by atoms with Crippen LogP contribution in [0.1, 0.15) is 0 Å². The molecule has 3 nitrogen and oxygen atoms in total. The number of pyridine rings is 1. The minimum Gasteiger partial charge on any atom is -0.397 e. The van der Waals surface area contributed by atoms with E-state index in [0.29, 0.717) is 5.69 Å². The minimum absolute atomic E-state index is 0.0378. The lowest BCUT2D eigenvalue weighted by Gasteiger charge is -2.08. The Morgan fingerprint density at radius 2 is 2.00 bits per heavy atom. The summed E-state index contributed by atoms with van der Waals surface area (Å²) in [4.78, 5) is 3.89. The molecule has 1 aromatic heterocycles. The van der Waals surface area contributed by atoms with Crippen molar-refractivity contribution in [3.63, 3.8) is 0 Å². The summed E-state index contributed by atoms with van der Waals surface area (Å²) in [6, 6.07) is 4.53. The number of anilines is 3. The smallest absolute Gasteiger partial charge is 0.149 e. The first kappa shape index (κ1) is 11.6. The Kier molecular flexibility index (Phi) is 3.10. The molecule has 0 spiro atoms. The summed E-state index contributed by atoms with van der Waals surface area (Å²) >= 11 is 5.85. The third kappa shape index (κ3) is 2.62. The Bertz CT molecular complexity index is 560.